The minimum absolute atomic E-state index is 0.988. The molecule has 1 aromatic heterocycles. The van der Waals surface area contributed by atoms with Crippen LogP contribution >= 0.6 is 0 Å². The number of benzene rings is 1. The Morgan fingerprint density at radius 2 is 1.56 bits per heavy atom. The lowest BCUT2D eigenvalue weighted by molar-refractivity contribution is 0.313. The van der Waals surface area contributed by atoms with E-state index in [2.05, 4.69) is 67.6 Å². The maximum absolute atomic E-state index is 4.65. The van der Waals surface area contributed by atoms with Gasteiger partial charge in [-0.05, 0) is 7.05 Å². The monoisotopic (exact) mass is 338 g/mol. The number of likely N-dealkylation sites (N-methyl/N-ethyl adjacent to an activating group) is 1. The Morgan fingerprint density at radius 1 is 0.840 bits per heavy atom. The second-order valence-corrected chi connectivity index (χ2v) is 6.83. The van der Waals surface area contributed by atoms with E-state index in [4.69, 9.17) is 0 Å². The van der Waals surface area contributed by atoms with Crippen molar-refractivity contribution in [3.05, 3.63) is 36.4 Å². The highest BCUT2D eigenvalue weighted by Gasteiger charge is 2.22. The largest absolute Gasteiger partial charge is 0.367 e. The Balaban J connectivity index is 1.70. The van der Waals surface area contributed by atoms with Gasteiger partial charge in [-0.15, -0.1) is 10.2 Å². The molecule has 132 valence electrons. The first-order valence-corrected chi connectivity index (χ1v) is 9.13. The molecule has 0 unspecified atom stereocenters. The third-order valence-corrected chi connectivity index (χ3v) is 5.09. The fourth-order valence-electron chi connectivity index (χ4n) is 3.51. The van der Waals surface area contributed by atoms with E-state index in [-0.39, 0.29) is 0 Å². The van der Waals surface area contributed by atoms with Crippen LogP contribution in [0, 0.1) is 0 Å². The Bertz CT molecular complexity index is 690. The third kappa shape index (κ3) is 3.60. The number of nitrogens with one attached hydrogen (secondary N) is 1. The number of hydrogen-bond donors (Lipinski definition) is 1. The van der Waals surface area contributed by atoms with Crippen LogP contribution in [0.5, 0.6) is 0 Å². The molecule has 4 rings (SSSR count). The van der Waals surface area contributed by atoms with E-state index < -0.39 is 0 Å². The van der Waals surface area contributed by atoms with Crippen molar-refractivity contribution in [2.24, 2.45) is 0 Å². The Morgan fingerprint density at radius 3 is 2.28 bits per heavy atom. The molecular weight excluding hydrogens is 312 g/mol. The first kappa shape index (κ1) is 16.3. The van der Waals surface area contributed by atoms with E-state index in [1.165, 1.54) is 5.69 Å². The molecule has 0 amide bonds. The van der Waals surface area contributed by atoms with E-state index in [0.717, 1.165) is 69.4 Å². The van der Waals surface area contributed by atoms with Crippen molar-refractivity contribution in [1.29, 1.82) is 0 Å². The van der Waals surface area contributed by atoms with Crippen LogP contribution in [0.1, 0.15) is 0 Å². The summed E-state index contributed by atoms with van der Waals surface area (Å²) in [6, 6.07) is 12.7. The molecule has 25 heavy (non-hydrogen) atoms. The van der Waals surface area contributed by atoms with Crippen LogP contribution < -0.4 is 15.1 Å². The molecule has 2 fully saturated rings. The molecule has 3 heterocycles. The number of aromatic nitrogens is 2. The Hall–Kier alpha value is -2.18. The molecule has 0 spiro atoms. The van der Waals surface area contributed by atoms with Gasteiger partial charge in [0, 0.05) is 64.0 Å². The van der Waals surface area contributed by atoms with Crippen LogP contribution in [-0.4, -0.2) is 74.5 Å². The van der Waals surface area contributed by atoms with E-state index in [1.807, 2.05) is 6.07 Å². The summed E-state index contributed by atoms with van der Waals surface area (Å²) in [6.45, 7) is 8.21. The van der Waals surface area contributed by atoms with E-state index >= 15 is 0 Å². The van der Waals surface area contributed by atoms with Crippen LogP contribution in [0.25, 0.3) is 11.3 Å². The summed E-state index contributed by atoms with van der Waals surface area (Å²) in [5.74, 6) is 0.995. The molecule has 0 saturated carbocycles. The molecule has 6 heteroatoms. The van der Waals surface area contributed by atoms with Crippen LogP contribution in [0.2, 0.25) is 0 Å². The van der Waals surface area contributed by atoms with Gasteiger partial charge in [0.2, 0.25) is 0 Å². The molecule has 2 aliphatic heterocycles. The van der Waals surface area contributed by atoms with Gasteiger partial charge >= 0.3 is 0 Å². The van der Waals surface area contributed by atoms with Gasteiger partial charge in [0.15, 0.2) is 5.82 Å². The van der Waals surface area contributed by atoms with Crippen molar-refractivity contribution in [1.82, 2.24) is 20.4 Å². The average Bonchev–Trinajstić information content (AvgIpc) is 2.69. The number of hydrogen-bond acceptors (Lipinski definition) is 6. The van der Waals surface area contributed by atoms with Crippen LogP contribution in [0.3, 0.4) is 0 Å². The SMILES string of the molecule is CN1CCN(c2cc(N3CCNCC3)nnc2-c2ccccc2)CC1. The van der Waals surface area contributed by atoms with Gasteiger partial charge in [-0.25, -0.2) is 0 Å². The third-order valence-electron chi connectivity index (χ3n) is 5.09. The predicted octanol–water partition coefficient (Wildman–Crippen LogP) is 1.31. The average molecular weight is 338 g/mol. The standard InChI is InChI=1S/C19H26N6/c1-23-11-13-24(14-12-23)17-15-18(25-9-7-20-8-10-25)21-22-19(17)16-5-3-2-4-6-16/h2-6,15,20H,7-14H2,1H3. The topological polar surface area (TPSA) is 47.5 Å². The molecule has 0 radical (unpaired) electrons. The highest BCUT2D eigenvalue weighted by Crippen LogP contribution is 2.31. The Labute approximate surface area is 149 Å². The Kier molecular flexibility index (Phi) is 4.81. The van der Waals surface area contributed by atoms with Crippen molar-refractivity contribution in [2.75, 3.05) is 69.2 Å². The zero-order valence-corrected chi connectivity index (χ0v) is 14.9. The first-order valence-electron chi connectivity index (χ1n) is 9.13. The van der Waals surface area contributed by atoms with Crippen LogP contribution in [0.4, 0.5) is 11.5 Å². The van der Waals surface area contributed by atoms with Gasteiger partial charge in [0.25, 0.3) is 0 Å². The summed E-state index contributed by atoms with van der Waals surface area (Å²) in [5, 5.41) is 12.6. The fraction of sp³-hybridized carbons (Fsp3) is 0.474. The van der Waals surface area contributed by atoms with Gasteiger partial charge in [-0.3, -0.25) is 0 Å². The molecule has 2 aromatic rings. The second kappa shape index (κ2) is 7.37. The highest BCUT2D eigenvalue weighted by atomic mass is 15.3. The molecule has 0 aliphatic carbocycles. The molecule has 2 aliphatic rings. The van der Waals surface area contributed by atoms with Crippen molar-refractivity contribution >= 4 is 11.5 Å². The number of anilines is 2. The van der Waals surface area contributed by atoms with E-state index in [1.54, 1.807) is 0 Å². The number of piperazine rings is 2. The summed E-state index contributed by atoms with van der Waals surface area (Å²) in [7, 11) is 2.19. The molecular formula is C19H26N6. The lowest BCUT2D eigenvalue weighted by Gasteiger charge is -2.35. The van der Waals surface area contributed by atoms with E-state index in [9.17, 15) is 0 Å². The molecule has 0 bridgehead atoms. The van der Waals surface area contributed by atoms with Crippen molar-refractivity contribution in [3.8, 4) is 11.3 Å². The molecule has 6 nitrogen and oxygen atoms in total. The van der Waals surface area contributed by atoms with E-state index in [0.29, 0.717) is 0 Å². The lowest BCUT2D eigenvalue weighted by atomic mass is 10.1. The predicted molar refractivity (Wildman–Crippen MR) is 102 cm³/mol. The summed E-state index contributed by atoms with van der Waals surface area (Å²) >= 11 is 0. The quantitative estimate of drug-likeness (QED) is 0.910. The van der Waals surface area contributed by atoms with Gasteiger partial charge in [0.05, 0.1) is 5.69 Å². The lowest BCUT2D eigenvalue weighted by Crippen LogP contribution is -2.45. The molecule has 1 aromatic carbocycles. The summed E-state index contributed by atoms with van der Waals surface area (Å²) < 4.78 is 0. The van der Waals surface area contributed by atoms with Crippen LogP contribution in [-0.2, 0) is 0 Å². The maximum atomic E-state index is 4.65. The van der Waals surface area contributed by atoms with Crippen molar-refractivity contribution < 1.29 is 0 Å². The maximum Gasteiger partial charge on any atom is 0.153 e. The molecule has 0 atom stereocenters. The molecule has 1 N–H and O–H groups in total. The zero-order valence-electron chi connectivity index (χ0n) is 14.9. The zero-order chi connectivity index (χ0) is 17.1. The van der Waals surface area contributed by atoms with Gasteiger partial charge in [0.1, 0.15) is 5.69 Å². The first-order chi connectivity index (χ1) is 12.3. The van der Waals surface area contributed by atoms with Crippen LogP contribution in [0.15, 0.2) is 36.4 Å². The summed E-state index contributed by atoms with van der Waals surface area (Å²) in [4.78, 5) is 7.17. The smallest absolute Gasteiger partial charge is 0.153 e. The number of rotatable bonds is 3. The minimum atomic E-state index is 0.988. The fourth-order valence-corrected chi connectivity index (χ4v) is 3.51. The summed E-state index contributed by atoms with van der Waals surface area (Å²) in [6.07, 6.45) is 0. The van der Waals surface area contributed by atoms with Gasteiger partial charge in [-0.2, -0.15) is 0 Å². The van der Waals surface area contributed by atoms with Crippen molar-refractivity contribution in [2.45, 2.75) is 0 Å². The minimum Gasteiger partial charge on any atom is -0.367 e. The second-order valence-electron chi connectivity index (χ2n) is 6.83. The van der Waals surface area contributed by atoms with Gasteiger partial charge < -0.3 is 20.0 Å². The highest BCUT2D eigenvalue weighted by molar-refractivity contribution is 5.76. The number of nitrogens with zero attached hydrogens (tertiary/aromatic N) is 5. The normalized spacial score (nSPS) is 19.2. The van der Waals surface area contributed by atoms with Gasteiger partial charge in [-0.1, -0.05) is 30.3 Å². The molecule has 2 saturated heterocycles. The van der Waals surface area contributed by atoms with Crippen molar-refractivity contribution in [3.63, 3.8) is 0 Å². The summed E-state index contributed by atoms with van der Waals surface area (Å²) in [5.41, 5.74) is 3.34.